The smallest absolute Gasteiger partial charge is 0.267 e. The molecule has 0 saturated carbocycles. The second kappa shape index (κ2) is 6.93. The maximum absolute atomic E-state index is 12.7. The summed E-state index contributed by atoms with van der Waals surface area (Å²) in [5.41, 5.74) is -0.142. The first-order valence-corrected chi connectivity index (χ1v) is 9.27. The molecular weight excluding hydrogens is 402 g/mol. The molecule has 0 aliphatic heterocycles. The molecule has 0 bridgehead atoms. The largest absolute Gasteiger partial charge is 0.324 e. The highest BCUT2D eigenvalue weighted by molar-refractivity contribution is 9.10. The average Bonchev–Trinajstić information content (AvgIpc) is 3.11. The second-order valence-electron chi connectivity index (χ2n) is 5.97. The highest BCUT2D eigenvalue weighted by Gasteiger charge is 2.32. The Hall–Kier alpha value is -2.25. The normalized spacial score (nSPS) is 11.3. The molecule has 0 unspecified atom stereocenters. The highest BCUT2D eigenvalue weighted by Crippen LogP contribution is 2.23. The third-order valence-electron chi connectivity index (χ3n) is 3.76. The molecule has 0 aliphatic carbocycles. The zero-order chi connectivity index (χ0) is 18.0. The molecule has 2 heterocycles. The van der Waals surface area contributed by atoms with Gasteiger partial charge in [-0.25, -0.2) is 4.68 Å². The summed E-state index contributed by atoms with van der Waals surface area (Å²) in [4.78, 5) is 26.0. The van der Waals surface area contributed by atoms with Crippen LogP contribution in [0, 0.1) is 0 Å². The quantitative estimate of drug-likeness (QED) is 0.694. The summed E-state index contributed by atoms with van der Waals surface area (Å²) < 4.78 is 2.15. The van der Waals surface area contributed by atoms with Crippen molar-refractivity contribution in [3.63, 3.8) is 0 Å². The first-order chi connectivity index (χ1) is 11.9. The number of rotatable bonds is 4. The van der Waals surface area contributed by atoms with Gasteiger partial charge in [0.2, 0.25) is 0 Å². The number of carbonyl (C=O) groups is 1. The topological polar surface area (TPSA) is 64.0 Å². The number of hydrogen-bond acceptors (Lipinski definition) is 4. The number of aromatic nitrogens is 2. The lowest BCUT2D eigenvalue weighted by molar-refractivity contribution is -0.123. The number of thiophene rings is 1. The van der Waals surface area contributed by atoms with Crippen LogP contribution in [-0.2, 0) is 10.3 Å². The van der Waals surface area contributed by atoms with Gasteiger partial charge < -0.3 is 5.32 Å². The van der Waals surface area contributed by atoms with Gasteiger partial charge in [0.1, 0.15) is 11.2 Å². The van der Waals surface area contributed by atoms with Crippen LogP contribution in [0.25, 0.3) is 10.6 Å². The van der Waals surface area contributed by atoms with Crippen molar-refractivity contribution in [3.8, 4) is 10.6 Å². The van der Waals surface area contributed by atoms with Gasteiger partial charge in [-0.1, -0.05) is 22.0 Å². The molecule has 0 spiro atoms. The van der Waals surface area contributed by atoms with Gasteiger partial charge in [0.25, 0.3) is 11.5 Å². The van der Waals surface area contributed by atoms with Crippen LogP contribution in [0.4, 0.5) is 5.69 Å². The van der Waals surface area contributed by atoms with Crippen molar-refractivity contribution < 1.29 is 4.79 Å². The molecule has 0 aliphatic rings. The van der Waals surface area contributed by atoms with Crippen LogP contribution < -0.4 is 10.9 Å². The zero-order valence-electron chi connectivity index (χ0n) is 13.7. The molecule has 0 radical (unpaired) electrons. The first-order valence-electron chi connectivity index (χ1n) is 7.60. The standard InChI is InChI=1S/C18H16BrN3O2S/c1-18(2,17(24)20-13-7-5-12(19)6-8-13)22-16(23)10-9-14(21-22)15-4-3-11-25-15/h3-11H,1-2H3,(H,20,24). The van der Waals surface area contributed by atoms with E-state index in [2.05, 4.69) is 26.3 Å². The Morgan fingerprint density at radius 3 is 2.52 bits per heavy atom. The second-order valence-corrected chi connectivity index (χ2v) is 7.83. The van der Waals surface area contributed by atoms with Crippen molar-refractivity contribution in [1.29, 1.82) is 0 Å². The maximum Gasteiger partial charge on any atom is 0.267 e. The molecule has 0 saturated heterocycles. The Morgan fingerprint density at radius 2 is 1.88 bits per heavy atom. The highest BCUT2D eigenvalue weighted by atomic mass is 79.9. The summed E-state index contributed by atoms with van der Waals surface area (Å²) in [7, 11) is 0. The molecule has 3 rings (SSSR count). The Labute approximate surface area is 157 Å². The van der Waals surface area contributed by atoms with E-state index < -0.39 is 5.54 Å². The fraction of sp³-hybridized carbons (Fsp3) is 0.167. The molecule has 1 aromatic carbocycles. The van der Waals surface area contributed by atoms with Crippen molar-refractivity contribution >= 4 is 38.9 Å². The number of carbonyl (C=O) groups excluding carboxylic acids is 1. The van der Waals surface area contributed by atoms with Crippen LogP contribution in [0.5, 0.6) is 0 Å². The van der Waals surface area contributed by atoms with Gasteiger partial charge in [-0.3, -0.25) is 9.59 Å². The van der Waals surface area contributed by atoms with Crippen LogP contribution >= 0.6 is 27.3 Å². The lowest BCUT2D eigenvalue weighted by atomic mass is 10.0. The van der Waals surface area contributed by atoms with Crippen LogP contribution in [0.1, 0.15) is 13.8 Å². The summed E-state index contributed by atoms with van der Waals surface area (Å²) in [6.45, 7) is 3.35. The lowest BCUT2D eigenvalue weighted by Gasteiger charge is -2.25. The summed E-state index contributed by atoms with van der Waals surface area (Å²) in [5, 5.41) is 9.18. The minimum atomic E-state index is -1.14. The number of amides is 1. The van der Waals surface area contributed by atoms with Crippen LogP contribution in [-0.4, -0.2) is 15.7 Å². The minimum absolute atomic E-state index is 0.312. The van der Waals surface area contributed by atoms with Gasteiger partial charge in [-0.15, -0.1) is 11.3 Å². The van der Waals surface area contributed by atoms with E-state index in [-0.39, 0.29) is 11.5 Å². The van der Waals surface area contributed by atoms with Gasteiger partial charge in [0.15, 0.2) is 0 Å². The van der Waals surface area contributed by atoms with Gasteiger partial charge >= 0.3 is 0 Å². The van der Waals surface area contributed by atoms with Crippen molar-refractivity contribution in [2.75, 3.05) is 5.32 Å². The monoisotopic (exact) mass is 417 g/mol. The van der Waals surface area contributed by atoms with Crippen molar-refractivity contribution in [2.24, 2.45) is 0 Å². The van der Waals surface area contributed by atoms with E-state index >= 15 is 0 Å². The van der Waals surface area contributed by atoms with E-state index in [4.69, 9.17) is 0 Å². The molecule has 5 nitrogen and oxygen atoms in total. The summed E-state index contributed by atoms with van der Waals surface area (Å²) in [6.07, 6.45) is 0. The molecule has 128 valence electrons. The van der Waals surface area contributed by atoms with E-state index in [0.717, 1.165) is 9.35 Å². The third kappa shape index (κ3) is 3.72. The van der Waals surface area contributed by atoms with E-state index in [1.165, 1.54) is 22.1 Å². The third-order valence-corrected chi connectivity index (χ3v) is 5.18. The average molecular weight is 418 g/mol. The van der Waals surface area contributed by atoms with E-state index in [1.54, 1.807) is 32.0 Å². The predicted octanol–water partition coefficient (Wildman–Crippen LogP) is 4.11. The van der Waals surface area contributed by atoms with Crippen LogP contribution in [0.3, 0.4) is 0 Å². The molecule has 3 aromatic rings. The van der Waals surface area contributed by atoms with Crippen molar-refractivity contribution in [1.82, 2.24) is 9.78 Å². The number of nitrogens with zero attached hydrogens (tertiary/aromatic N) is 2. The number of hydrogen-bond donors (Lipinski definition) is 1. The Kier molecular flexibility index (Phi) is 4.87. The first kappa shape index (κ1) is 17.6. The minimum Gasteiger partial charge on any atom is -0.324 e. The molecule has 25 heavy (non-hydrogen) atoms. The molecule has 1 N–H and O–H groups in total. The predicted molar refractivity (Wildman–Crippen MR) is 104 cm³/mol. The zero-order valence-corrected chi connectivity index (χ0v) is 16.1. The van der Waals surface area contributed by atoms with Crippen LogP contribution in [0.2, 0.25) is 0 Å². The fourth-order valence-corrected chi connectivity index (χ4v) is 3.24. The summed E-state index contributed by atoms with van der Waals surface area (Å²) in [6, 6.07) is 14.2. The van der Waals surface area contributed by atoms with Gasteiger partial charge in [0.05, 0.1) is 4.88 Å². The van der Waals surface area contributed by atoms with E-state index in [1.807, 2.05) is 29.6 Å². The van der Waals surface area contributed by atoms with Gasteiger partial charge in [-0.2, -0.15) is 5.10 Å². The van der Waals surface area contributed by atoms with E-state index in [0.29, 0.717) is 11.4 Å². The SMILES string of the molecule is CC(C)(C(=O)Nc1ccc(Br)cc1)n1nc(-c2cccs2)ccc1=O. The molecule has 0 fully saturated rings. The Balaban J connectivity index is 1.93. The molecule has 7 heteroatoms. The number of nitrogens with one attached hydrogen (secondary N) is 1. The summed E-state index contributed by atoms with van der Waals surface area (Å²) in [5.74, 6) is -0.312. The number of anilines is 1. The fourth-order valence-electron chi connectivity index (χ4n) is 2.28. The number of halogens is 1. The lowest BCUT2D eigenvalue weighted by Crippen LogP contribution is -2.47. The van der Waals surface area contributed by atoms with Gasteiger partial charge in [-0.05, 0) is 55.6 Å². The van der Waals surface area contributed by atoms with Gasteiger partial charge in [0, 0.05) is 16.2 Å². The maximum atomic E-state index is 12.7. The van der Waals surface area contributed by atoms with E-state index in [9.17, 15) is 9.59 Å². The van der Waals surface area contributed by atoms with Crippen LogP contribution in [0.15, 0.2) is 63.2 Å². The Morgan fingerprint density at radius 1 is 1.16 bits per heavy atom. The van der Waals surface area contributed by atoms with Crippen molar-refractivity contribution in [2.45, 2.75) is 19.4 Å². The summed E-state index contributed by atoms with van der Waals surface area (Å²) >= 11 is 4.89. The van der Waals surface area contributed by atoms with Crippen molar-refractivity contribution in [3.05, 3.63) is 68.7 Å². The number of benzene rings is 1. The molecule has 1 amide bonds. The molecule has 2 aromatic heterocycles. The molecular formula is C18H16BrN3O2S. The molecule has 0 atom stereocenters. The Bertz CT molecular complexity index is 947.